The molecule has 0 bridgehead atoms. The molecule has 1 aromatic carbocycles. The Morgan fingerprint density at radius 1 is 1.21 bits per heavy atom. The number of pyridine rings is 1. The highest BCUT2D eigenvalue weighted by molar-refractivity contribution is 6.57. The molecule has 2 radical (unpaired) electrons. The van der Waals surface area contributed by atoms with Crippen LogP contribution in [0.2, 0.25) is 5.02 Å². The molecule has 14 heteroatoms. The Kier molecular flexibility index (Phi) is 8.06. The van der Waals surface area contributed by atoms with Gasteiger partial charge in [0, 0.05) is 36.4 Å². The lowest BCUT2D eigenvalue weighted by Crippen LogP contribution is -2.41. The number of methoxy groups -OCH3 is 2. The van der Waals surface area contributed by atoms with Crippen molar-refractivity contribution in [3.05, 3.63) is 59.3 Å². The highest BCUT2D eigenvalue weighted by atomic mass is 35.5. The molecule has 1 fully saturated rings. The molecule has 0 aliphatic carbocycles. The standard InChI is InChI=1S/C24H21BClFN6O5/c1-37-19-10-29-20(14-7-12(26)3-4-16(14)27)32-21(19)31-17-5-6-28-9-15(17)22(34)30-13-8-18(23(35)38-2)33(11-13)24(25)36/h3-7,9-10,13,18H,8,11H2,1-2H3,(H,30,34)(H,28,29,31,32)/t13-,18+/m1/s1. The SMILES string of the molecule is [B]C(=O)N1C[C@H](NC(=O)c2cnccc2Nc2nc(-c3cc(Cl)ccc3F)ncc2OC)C[C@H]1C(=O)OC. The summed E-state index contributed by atoms with van der Waals surface area (Å²) in [5.74, 6) is -2.11. The molecular formula is C24H21BClFN6O5. The topological polar surface area (TPSA) is 136 Å². The van der Waals surface area contributed by atoms with Crippen LogP contribution in [-0.2, 0) is 9.53 Å². The third-order valence-electron chi connectivity index (χ3n) is 5.86. The summed E-state index contributed by atoms with van der Waals surface area (Å²) < 4.78 is 24.5. The molecule has 0 spiro atoms. The van der Waals surface area contributed by atoms with Gasteiger partial charge >= 0.3 is 5.97 Å². The van der Waals surface area contributed by atoms with Crippen molar-refractivity contribution in [2.24, 2.45) is 0 Å². The molecule has 3 aromatic rings. The Hall–Kier alpha value is -4.26. The number of ether oxygens (including phenoxy) is 2. The van der Waals surface area contributed by atoms with Crippen LogP contribution in [0.5, 0.6) is 5.75 Å². The molecule has 11 nitrogen and oxygen atoms in total. The number of amides is 2. The van der Waals surface area contributed by atoms with Crippen molar-refractivity contribution in [3.63, 3.8) is 0 Å². The Morgan fingerprint density at radius 2 is 2.00 bits per heavy atom. The number of nitrogens with zero attached hydrogens (tertiary/aromatic N) is 4. The van der Waals surface area contributed by atoms with Gasteiger partial charge in [-0.2, -0.15) is 0 Å². The molecule has 38 heavy (non-hydrogen) atoms. The smallest absolute Gasteiger partial charge is 0.328 e. The predicted octanol–water partition coefficient (Wildman–Crippen LogP) is 2.72. The van der Waals surface area contributed by atoms with E-state index in [1.165, 1.54) is 57.1 Å². The van der Waals surface area contributed by atoms with Gasteiger partial charge in [0.1, 0.15) is 11.9 Å². The number of anilines is 2. The summed E-state index contributed by atoms with van der Waals surface area (Å²) in [6.45, 7) is 0.0259. The van der Waals surface area contributed by atoms with Crippen molar-refractivity contribution in [2.45, 2.75) is 18.5 Å². The molecule has 3 heterocycles. The minimum Gasteiger partial charge on any atom is -0.491 e. The fraction of sp³-hybridized carbons (Fsp3) is 0.250. The fourth-order valence-corrected chi connectivity index (χ4v) is 4.20. The van der Waals surface area contributed by atoms with Gasteiger partial charge in [0.15, 0.2) is 23.2 Å². The molecule has 0 unspecified atom stereocenters. The number of carbonyl (C=O) groups is 3. The normalized spacial score (nSPS) is 16.6. The highest BCUT2D eigenvalue weighted by Crippen LogP contribution is 2.31. The van der Waals surface area contributed by atoms with Crippen molar-refractivity contribution in [2.75, 3.05) is 26.1 Å². The van der Waals surface area contributed by atoms with Gasteiger partial charge < -0.3 is 25.0 Å². The van der Waals surface area contributed by atoms with E-state index in [4.69, 9.17) is 28.9 Å². The van der Waals surface area contributed by atoms with Crippen LogP contribution in [0, 0.1) is 5.82 Å². The van der Waals surface area contributed by atoms with Gasteiger partial charge in [-0.15, -0.1) is 0 Å². The summed E-state index contributed by atoms with van der Waals surface area (Å²) in [4.78, 5) is 50.7. The van der Waals surface area contributed by atoms with E-state index in [9.17, 15) is 18.8 Å². The number of esters is 1. The Bertz CT molecular complexity index is 1400. The van der Waals surface area contributed by atoms with Crippen LogP contribution >= 0.6 is 11.6 Å². The van der Waals surface area contributed by atoms with Gasteiger partial charge in [-0.1, -0.05) is 11.6 Å². The second kappa shape index (κ2) is 11.4. The van der Waals surface area contributed by atoms with Crippen molar-refractivity contribution in [3.8, 4) is 17.1 Å². The number of likely N-dealkylation sites (tertiary alicyclic amines) is 1. The van der Waals surface area contributed by atoms with Crippen LogP contribution in [0.4, 0.5) is 20.7 Å². The molecule has 2 amide bonds. The molecule has 4 rings (SSSR count). The van der Waals surface area contributed by atoms with Crippen molar-refractivity contribution in [1.82, 2.24) is 25.2 Å². The zero-order chi connectivity index (χ0) is 27.4. The molecule has 1 aliphatic heterocycles. The maximum atomic E-state index is 14.4. The Labute approximate surface area is 223 Å². The Balaban J connectivity index is 1.59. The molecule has 1 aliphatic rings. The van der Waals surface area contributed by atoms with E-state index in [1.807, 2.05) is 0 Å². The van der Waals surface area contributed by atoms with E-state index < -0.39 is 35.6 Å². The van der Waals surface area contributed by atoms with E-state index in [1.54, 1.807) is 0 Å². The number of benzene rings is 1. The monoisotopic (exact) mass is 538 g/mol. The molecule has 2 atom stereocenters. The Morgan fingerprint density at radius 3 is 2.71 bits per heavy atom. The third kappa shape index (κ3) is 5.67. The highest BCUT2D eigenvalue weighted by Gasteiger charge is 2.39. The summed E-state index contributed by atoms with van der Waals surface area (Å²) >= 11 is 6.01. The average Bonchev–Trinajstić information content (AvgIpc) is 3.34. The molecule has 194 valence electrons. The largest absolute Gasteiger partial charge is 0.491 e. The zero-order valence-corrected chi connectivity index (χ0v) is 21.0. The molecule has 1 saturated heterocycles. The predicted molar refractivity (Wildman–Crippen MR) is 136 cm³/mol. The first kappa shape index (κ1) is 26.8. The molecule has 2 aromatic heterocycles. The van der Waals surface area contributed by atoms with Crippen LogP contribution in [0.1, 0.15) is 16.8 Å². The van der Waals surface area contributed by atoms with E-state index in [0.29, 0.717) is 10.7 Å². The van der Waals surface area contributed by atoms with Crippen LogP contribution in [0.3, 0.4) is 0 Å². The lowest BCUT2D eigenvalue weighted by atomic mass is 10.1. The van der Waals surface area contributed by atoms with Gasteiger partial charge in [0.05, 0.1) is 37.2 Å². The minimum absolute atomic E-state index is 0.0259. The number of halogens is 2. The third-order valence-corrected chi connectivity index (χ3v) is 6.09. The summed E-state index contributed by atoms with van der Waals surface area (Å²) in [5.41, 5.74) is 0.522. The first-order valence-electron chi connectivity index (χ1n) is 11.2. The van der Waals surface area contributed by atoms with Gasteiger partial charge in [-0.3, -0.25) is 14.6 Å². The molecule has 2 N–H and O–H groups in total. The zero-order valence-electron chi connectivity index (χ0n) is 20.3. The number of rotatable bonds is 7. The van der Waals surface area contributed by atoms with Gasteiger partial charge in [0.25, 0.3) is 5.91 Å². The fourth-order valence-electron chi connectivity index (χ4n) is 4.03. The second-order valence-electron chi connectivity index (χ2n) is 8.22. The van der Waals surface area contributed by atoms with Crippen LogP contribution in [0.25, 0.3) is 11.4 Å². The van der Waals surface area contributed by atoms with E-state index in [2.05, 4.69) is 25.6 Å². The minimum atomic E-state index is -0.912. The average molecular weight is 539 g/mol. The summed E-state index contributed by atoms with van der Waals surface area (Å²) in [7, 11) is 8.00. The number of nitrogens with one attached hydrogen (secondary N) is 2. The lowest BCUT2D eigenvalue weighted by molar-refractivity contribution is -0.144. The van der Waals surface area contributed by atoms with Gasteiger partial charge in [-0.25, -0.2) is 19.2 Å². The first-order chi connectivity index (χ1) is 18.2. The lowest BCUT2D eigenvalue weighted by Gasteiger charge is -2.21. The maximum absolute atomic E-state index is 14.4. The molecular weight excluding hydrogens is 518 g/mol. The molecule has 0 saturated carbocycles. The quantitative estimate of drug-likeness (QED) is 0.344. The number of hydrogen-bond acceptors (Lipinski definition) is 9. The second-order valence-corrected chi connectivity index (χ2v) is 8.65. The van der Waals surface area contributed by atoms with Crippen LogP contribution in [0.15, 0.2) is 42.9 Å². The van der Waals surface area contributed by atoms with Crippen molar-refractivity contribution >= 4 is 48.6 Å². The number of hydrogen-bond donors (Lipinski definition) is 2. The van der Waals surface area contributed by atoms with E-state index in [0.717, 1.165) is 4.90 Å². The van der Waals surface area contributed by atoms with E-state index >= 15 is 0 Å². The van der Waals surface area contributed by atoms with Gasteiger partial charge in [-0.05, 0) is 24.3 Å². The van der Waals surface area contributed by atoms with Gasteiger partial charge in [0.2, 0.25) is 7.85 Å². The van der Waals surface area contributed by atoms with Crippen LogP contribution < -0.4 is 15.4 Å². The summed E-state index contributed by atoms with van der Waals surface area (Å²) in [5, 5.41) is 6.11. The maximum Gasteiger partial charge on any atom is 0.328 e. The number of aromatic nitrogens is 3. The van der Waals surface area contributed by atoms with Crippen molar-refractivity contribution in [1.29, 1.82) is 0 Å². The summed E-state index contributed by atoms with van der Waals surface area (Å²) in [6, 6.07) is 4.06. The first-order valence-corrected chi connectivity index (χ1v) is 11.6. The van der Waals surface area contributed by atoms with Crippen LogP contribution in [-0.4, -0.2) is 78.2 Å². The summed E-state index contributed by atoms with van der Waals surface area (Å²) in [6.07, 6.45) is 4.28. The van der Waals surface area contributed by atoms with Crippen molar-refractivity contribution < 1.29 is 28.2 Å². The van der Waals surface area contributed by atoms with E-state index in [-0.39, 0.29) is 41.5 Å². The number of carbonyl (C=O) groups excluding carboxylic acids is 3.